The summed E-state index contributed by atoms with van der Waals surface area (Å²) in [4.78, 5) is 24.4. The van der Waals surface area contributed by atoms with Crippen LogP contribution >= 0.6 is 15.9 Å². The molecule has 1 amide bonds. The summed E-state index contributed by atoms with van der Waals surface area (Å²) in [7, 11) is 1.49. The highest BCUT2D eigenvalue weighted by atomic mass is 79.9. The van der Waals surface area contributed by atoms with E-state index < -0.39 is 18.0 Å². The Labute approximate surface area is 138 Å². The van der Waals surface area contributed by atoms with Gasteiger partial charge in [-0.2, -0.15) is 0 Å². The summed E-state index contributed by atoms with van der Waals surface area (Å²) in [6.07, 6.45) is -0.796. The topological polar surface area (TPSA) is 76.1 Å². The standard InChI is InChI=1S/C15H20BrNO5/c1-10-4-5-13(12(16)8-10)22-11(2)15(20)17(6-7-21-3)9-14(18)19/h4-5,8,11H,6-7,9H2,1-3H3,(H,18,19). The summed E-state index contributed by atoms with van der Waals surface area (Å²) >= 11 is 3.38. The first-order valence-electron chi connectivity index (χ1n) is 6.77. The minimum Gasteiger partial charge on any atom is -0.480 e. The number of halogens is 1. The zero-order chi connectivity index (χ0) is 16.7. The Morgan fingerprint density at radius 2 is 2.09 bits per heavy atom. The molecule has 0 aliphatic heterocycles. The number of nitrogens with zero attached hydrogens (tertiary/aromatic N) is 1. The van der Waals surface area contributed by atoms with Crippen molar-refractivity contribution < 1.29 is 24.2 Å². The molecule has 0 aromatic heterocycles. The first-order valence-corrected chi connectivity index (χ1v) is 7.56. The van der Waals surface area contributed by atoms with Crippen molar-refractivity contribution in [3.05, 3.63) is 28.2 Å². The van der Waals surface area contributed by atoms with E-state index in [0.717, 1.165) is 10.0 Å². The number of aryl methyl sites for hydroxylation is 1. The molecule has 1 atom stereocenters. The molecule has 0 saturated heterocycles. The summed E-state index contributed by atoms with van der Waals surface area (Å²) in [6, 6.07) is 5.52. The number of carbonyl (C=O) groups excluding carboxylic acids is 1. The number of aliphatic carboxylic acids is 1. The molecule has 0 aliphatic carbocycles. The average molecular weight is 374 g/mol. The van der Waals surface area contributed by atoms with Crippen LogP contribution in [0.3, 0.4) is 0 Å². The largest absolute Gasteiger partial charge is 0.480 e. The number of hydrogen-bond donors (Lipinski definition) is 1. The number of ether oxygens (including phenoxy) is 2. The van der Waals surface area contributed by atoms with Gasteiger partial charge in [0.2, 0.25) is 0 Å². The number of carbonyl (C=O) groups is 2. The van der Waals surface area contributed by atoms with Gasteiger partial charge < -0.3 is 19.5 Å². The second-order valence-corrected chi connectivity index (χ2v) is 5.69. The lowest BCUT2D eigenvalue weighted by atomic mass is 10.2. The molecule has 22 heavy (non-hydrogen) atoms. The van der Waals surface area contributed by atoms with Crippen molar-refractivity contribution >= 4 is 27.8 Å². The van der Waals surface area contributed by atoms with Crippen LogP contribution in [0, 0.1) is 6.92 Å². The van der Waals surface area contributed by atoms with Crippen LogP contribution in [-0.4, -0.2) is 54.8 Å². The molecule has 0 radical (unpaired) electrons. The lowest BCUT2D eigenvalue weighted by Gasteiger charge is -2.24. The molecule has 0 aliphatic rings. The maximum Gasteiger partial charge on any atom is 0.323 e. The molecule has 0 saturated carbocycles. The Hall–Kier alpha value is -1.60. The van der Waals surface area contributed by atoms with Crippen molar-refractivity contribution in [3.8, 4) is 5.75 Å². The van der Waals surface area contributed by atoms with Gasteiger partial charge in [0.1, 0.15) is 12.3 Å². The fraction of sp³-hybridized carbons (Fsp3) is 0.467. The Balaban J connectivity index is 2.77. The van der Waals surface area contributed by atoms with E-state index in [-0.39, 0.29) is 19.7 Å². The molecule has 0 heterocycles. The van der Waals surface area contributed by atoms with Gasteiger partial charge >= 0.3 is 5.97 Å². The lowest BCUT2D eigenvalue weighted by Crippen LogP contribution is -2.44. The van der Waals surface area contributed by atoms with Crippen molar-refractivity contribution in [2.75, 3.05) is 26.8 Å². The summed E-state index contributed by atoms with van der Waals surface area (Å²) in [6.45, 7) is 3.62. The van der Waals surface area contributed by atoms with E-state index in [1.54, 1.807) is 13.0 Å². The highest BCUT2D eigenvalue weighted by Gasteiger charge is 2.24. The van der Waals surface area contributed by atoms with E-state index in [1.165, 1.54) is 12.0 Å². The maximum absolute atomic E-state index is 12.3. The van der Waals surface area contributed by atoms with Gasteiger partial charge in [0.25, 0.3) is 5.91 Å². The molecule has 1 unspecified atom stereocenters. The second-order valence-electron chi connectivity index (χ2n) is 4.84. The van der Waals surface area contributed by atoms with E-state index in [4.69, 9.17) is 14.6 Å². The predicted molar refractivity (Wildman–Crippen MR) is 85.1 cm³/mol. The lowest BCUT2D eigenvalue weighted by molar-refractivity contribution is -0.148. The van der Waals surface area contributed by atoms with Gasteiger partial charge in [-0.25, -0.2) is 0 Å². The molecule has 0 spiro atoms. The molecular weight excluding hydrogens is 354 g/mol. The molecule has 7 heteroatoms. The normalized spacial score (nSPS) is 11.8. The van der Waals surface area contributed by atoms with Crippen molar-refractivity contribution in [1.82, 2.24) is 4.90 Å². The molecule has 122 valence electrons. The molecular formula is C15H20BrNO5. The molecule has 1 aromatic rings. The second kappa shape index (κ2) is 8.75. The molecule has 0 bridgehead atoms. The van der Waals surface area contributed by atoms with Crippen LogP contribution in [-0.2, 0) is 14.3 Å². The third-order valence-electron chi connectivity index (χ3n) is 2.94. The van der Waals surface area contributed by atoms with E-state index >= 15 is 0 Å². The van der Waals surface area contributed by atoms with Crippen LogP contribution in [0.4, 0.5) is 0 Å². The number of amides is 1. The van der Waals surface area contributed by atoms with Crippen LogP contribution in [0.25, 0.3) is 0 Å². The summed E-state index contributed by atoms with van der Waals surface area (Å²) in [5.74, 6) is -0.937. The molecule has 1 N–H and O–H groups in total. The zero-order valence-electron chi connectivity index (χ0n) is 12.8. The minimum atomic E-state index is -1.08. The third-order valence-corrected chi connectivity index (χ3v) is 3.56. The van der Waals surface area contributed by atoms with E-state index in [9.17, 15) is 9.59 Å². The maximum atomic E-state index is 12.3. The van der Waals surface area contributed by atoms with Gasteiger partial charge in [-0.3, -0.25) is 9.59 Å². The molecule has 1 aromatic carbocycles. The molecule has 6 nitrogen and oxygen atoms in total. The van der Waals surface area contributed by atoms with E-state index in [1.807, 2.05) is 19.1 Å². The third kappa shape index (κ3) is 5.65. The van der Waals surface area contributed by atoms with Crippen LogP contribution in [0.15, 0.2) is 22.7 Å². The van der Waals surface area contributed by atoms with E-state index in [0.29, 0.717) is 5.75 Å². The van der Waals surface area contributed by atoms with Crippen LogP contribution in [0.5, 0.6) is 5.75 Å². The first-order chi connectivity index (χ1) is 10.3. The summed E-state index contributed by atoms with van der Waals surface area (Å²) < 4.78 is 11.3. The highest BCUT2D eigenvalue weighted by Crippen LogP contribution is 2.26. The smallest absolute Gasteiger partial charge is 0.323 e. The fourth-order valence-electron chi connectivity index (χ4n) is 1.83. The molecule has 1 rings (SSSR count). The predicted octanol–water partition coefficient (Wildman–Crippen LogP) is 2.08. The Morgan fingerprint density at radius 3 is 2.64 bits per heavy atom. The summed E-state index contributed by atoms with van der Waals surface area (Å²) in [5, 5.41) is 8.90. The Bertz CT molecular complexity index is 535. The van der Waals surface area contributed by atoms with Gasteiger partial charge in [-0.05, 0) is 47.5 Å². The quantitative estimate of drug-likeness (QED) is 0.754. The highest BCUT2D eigenvalue weighted by molar-refractivity contribution is 9.10. The fourth-order valence-corrected chi connectivity index (χ4v) is 2.42. The van der Waals surface area contributed by atoms with Gasteiger partial charge in [0.15, 0.2) is 6.10 Å². The zero-order valence-corrected chi connectivity index (χ0v) is 14.4. The monoisotopic (exact) mass is 373 g/mol. The van der Waals surface area contributed by atoms with Gasteiger partial charge in [0, 0.05) is 13.7 Å². The SMILES string of the molecule is COCCN(CC(=O)O)C(=O)C(C)Oc1ccc(C)cc1Br. The number of benzene rings is 1. The summed E-state index contributed by atoms with van der Waals surface area (Å²) in [5.41, 5.74) is 1.06. The number of carboxylic acids is 1. The minimum absolute atomic E-state index is 0.199. The van der Waals surface area contributed by atoms with E-state index in [2.05, 4.69) is 15.9 Å². The van der Waals surface area contributed by atoms with Gasteiger partial charge in [0.05, 0.1) is 11.1 Å². The molecule has 0 fully saturated rings. The Kier molecular flexibility index (Phi) is 7.34. The Morgan fingerprint density at radius 1 is 1.41 bits per heavy atom. The number of carboxylic acid groups (broad SMARTS) is 1. The number of hydrogen-bond acceptors (Lipinski definition) is 4. The van der Waals surface area contributed by atoms with Gasteiger partial charge in [-0.15, -0.1) is 0 Å². The van der Waals surface area contributed by atoms with Crippen LogP contribution < -0.4 is 4.74 Å². The number of rotatable bonds is 8. The van der Waals surface area contributed by atoms with Crippen molar-refractivity contribution in [2.24, 2.45) is 0 Å². The van der Waals surface area contributed by atoms with Crippen molar-refractivity contribution in [3.63, 3.8) is 0 Å². The van der Waals surface area contributed by atoms with Crippen LogP contribution in [0.1, 0.15) is 12.5 Å². The van der Waals surface area contributed by atoms with Gasteiger partial charge in [-0.1, -0.05) is 6.07 Å². The average Bonchev–Trinajstić information content (AvgIpc) is 2.45. The number of methoxy groups -OCH3 is 1. The van der Waals surface area contributed by atoms with Crippen molar-refractivity contribution in [1.29, 1.82) is 0 Å². The first kappa shape index (κ1) is 18.4. The van der Waals surface area contributed by atoms with Crippen molar-refractivity contribution in [2.45, 2.75) is 20.0 Å². The van der Waals surface area contributed by atoms with Crippen LogP contribution in [0.2, 0.25) is 0 Å².